The third-order valence-electron chi connectivity index (χ3n) is 3.37. The average molecular weight is 304 g/mol. The number of anilines is 1. The maximum Gasteiger partial charge on any atom is 0.255 e. The highest BCUT2D eigenvalue weighted by atomic mass is 32.1. The lowest BCUT2D eigenvalue weighted by molar-refractivity contribution is 0.0943. The normalized spacial score (nSPS) is 11.2. The van der Waals surface area contributed by atoms with Gasteiger partial charge in [-0.25, -0.2) is 0 Å². The highest BCUT2D eigenvalue weighted by Crippen LogP contribution is 2.28. The monoisotopic (exact) mass is 304 g/mol. The SMILES string of the molecule is COc1c(N)cccc1C(=O)NCC(C)(C)c1cccs1. The van der Waals surface area contributed by atoms with Gasteiger partial charge in [0.1, 0.15) is 0 Å². The molecular formula is C16H20N2O2S. The summed E-state index contributed by atoms with van der Waals surface area (Å²) in [5, 5.41) is 5.00. The first kappa shape index (κ1) is 15.4. The minimum Gasteiger partial charge on any atom is -0.494 e. The summed E-state index contributed by atoms with van der Waals surface area (Å²) in [6.45, 7) is 4.76. The lowest BCUT2D eigenvalue weighted by Crippen LogP contribution is -2.36. The molecule has 0 atom stereocenters. The Bertz CT molecular complexity index is 621. The number of hydrogen-bond donors (Lipinski definition) is 2. The Morgan fingerprint density at radius 2 is 2.10 bits per heavy atom. The van der Waals surface area contributed by atoms with Gasteiger partial charge in [-0.05, 0) is 23.6 Å². The van der Waals surface area contributed by atoms with Crippen molar-refractivity contribution in [2.45, 2.75) is 19.3 Å². The number of benzene rings is 1. The largest absolute Gasteiger partial charge is 0.494 e. The lowest BCUT2D eigenvalue weighted by Gasteiger charge is -2.24. The number of rotatable bonds is 5. The zero-order valence-corrected chi connectivity index (χ0v) is 13.3. The average Bonchev–Trinajstić information content (AvgIpc) is 2.99. The van der Waals surface area contributed by atoms with Gasteiger partial charge in [-0.15, -0.1) is 11.3 Å². The first-order valence-electron chi connectivity index (χ1n) is 6.70. The van der Waals surface area contributed by atoms with E-state index in [4.69, 9.17) is 10.5 Å². The summed E-state index contributed by atoms with van der Waals surface area (Å²) in [4.78, 5) is 13.6. The van der Waals surface area contributed by atoms with Crippen molar-refractivity contribution in [2.75, 3.05) is 19.4 Å². The first-order chi connectivity index (χ1) is 9.95. The van der Waals surface area contributed by atoms with E-state index in [0.29, 0.717) is 23.5 Å². The molecule has 1 aromatic heterocycles. The van der Waals surface area contributed by atoms with Crippen LogP contribution in [0.4, 0.5) is 5.69 Å². The van der Waals surface area contributed by atoms with E-state index in [1.54, 1.807) is 29.5 Å². The van der Waals surface area contributed by atoms with E-state index in [-0.39, 0.29) is 11.3 Å². The minimum absolute atomic E-state index is 0.114. The third-order valence-corrected chi connectivity index (χ3v) is 4.61. The van der Waals surface area contributed by atoms with Crippen LogP contribution in [-0.2, 0) is 5.41 Å². The number of amides is 1. The van der Waals surface area contributed by atoms with Crippen LogP contribution in [0.15, 0.2) is 35.7 Å². The van der Waals surface area contributed by atoms with Gasteiger partial charge in [-0.3, -0.25) is 4.79 Å². The van der Waals surface area contributed by atoms with Crippen molar-refractivity contribution in [1.82, 2.24) is 5.32 Å². The molecule has 0 bridgehead atoms. The molecule has 112 valence electrons. The topological polar surface area (TPSA) is 64.3 Å². The van der Waals surface area contributed by atoms with Crippen LogP contribution < -0.4 is 15.8 Å². The second-order valence-corrected chi connectivity index (χ2v) is 6.42. The standard InChI is InChI=1S/C16H20N2O2S/c1-16(2,13-8-5-9-21-13)10-18-15(19)11-6-4-7-12(17)14(11)20-3/h4-9H,10,17H2,1-3H3,(H,18,19). The molecule has 1 aromatic carbocycles. The van der Waals surface area contributed by atoms with Crippen molar-refractivity contribution in [1.29, 1.82) is 0 Å². The van der Waals surface area contributed by atoms with Crippen LogP contribution in [0, 0.1) is 0 Å². The molecule has 0 radical (unpaired) electrons. The summed E-state index contributed by atoms with van der Waals surface area (Å²) in [7, 11) is 1.51. The molecular weight excluding hydrogens is 284 g/mol. The van der Waals surface area contributed by atoms with Gasteiger partial charge < -0.3 is 15.8 Å². The lowest BCUT2D eigenvalue weighted by atomic mass is 9.91. The fourth-order valence-corrected chi connectivity index (χ4v) is 2.96. The number of nitrogens with one attached hydrogen (secondary N) is 1. The number of ether oxygens (including phenoxy) is 1. The van der Waals surface area contributed by atoms with E-state index in [2.05, 4.69) is 25.2 Å². The molecule has 0 saturated heterocycles. The highest BCUT2D eigenvalue weighted by Gasteiger charge is 2.23. The van der Waals surface area contributed by atoms with Crippen LogP contribution in [0.25, 0.3) is 0 Å². The molecule has 0 aliphatic heterocycles. The second kappa shape index (κ2) is 6.18. The van der Waals surface area contributed by atoms with Gasteiger partial charge in [0, 0.05) is 16.8 Å². The van der Waals surface area contributed by atoms with E-state index in [1.807, 2.05) is 11.4 Å². The third kappa shape index (κ3) is 3.36. The van der Waals surface area contributed by atoms with Crippen molar-refractivity contribution < 1.29 is 9.53 Å². The van der Waals surface area contributed by atoms with Crippen molar-refractivity contribution in [3.05, 3.63) is 46.2 Å². The predicted molar refractivity (Wildman–Crippen MR) is 87.1 cm³/mol. The molecule has 2 aromatic rings. The van der Waals surface area contributed by atoms with E-state index < -0.39 is 0 Å². The quantitative estimate of drug-likeness (QED) is 0.835. The zero-order valence-electron chi connectivity index (χ0n) is 12.5. The van der Waals surface area contributed by atoms with Crippen molar-refractivity contribution in [2.24, 2.45) is 0 Å². The van der Waals surface area contributed by atoms with E-state index >= 15 is 0 Å². The maximum absolute atomic E-state index is 12.3. The molecule has 1 amide bonds. The summed E-state index contributed by atoms with van der Waals surface area (Å²) < 4.78 is 5.22. The van der Waals surface area contributed by atoms with Crippen LogP contribution >= 0.6 is 11.3 Å². The Morgan fingerprint density at radius 1 is 1.33 bits per heavy atom. The van der Waals surface area contributed by atoms with Gasteiger partial charge in [-0.1, -0.05) is 26.0 Å². The molecule has 0 fully saturated rings. The fourth-order valence-electron chi connectivity index (χ4n) is 2.11. The molecule has 3 N–H and O–H groups in total. The van der Waals surface area contributed by atoms with E-state index in [0.717, 1.165) is 0 Å². The molecule has 1 heterocycles. The van der Waals surface area contributed by atoms with Crippen LogP contribution in [0.5, 0.6) is 5.75 Å². The zero-order chi connectivity index (χ0) is 15.5. The molecule has 5 heteroatoms. The number of nitrogens with two attached hydrogens (primary N) is 1. The Morgan fingerprint density at radius 3 is 2.71 bits per heavy atom. The van der Waals surface area contributed by atoms with Crippen LogP contribution in [-0.4, -0.2) is 19.6 Å². The van der Waals surface area contributed by atoms with E-state index in [9.17, 15) is 4.79 Å². The molecule has 0 unspecified atom stereocenters. The second-order valence-electron chi connectivity index (χ2n) is 5.47. The van der Waals surface area contributed by atoms with Crippen molar-refractivity contribution in [3.63, 3.8) is 0 Å². The summed E-state index contributed by atoms with van der Waals surface area (Å²) in [5.41, 5.74) is 6.63. The highest BCUT2D eigenvalue weighted by molar-refractivity contribution is 7.10. The van der Waals surface area contributed by atoms with Gasteiger partial charge in [0.2, 0.25) is 0 Å². The van der Waals surface area contributed by atoms with Gasteiger partial charge in [0.05, 0.1) is 18.4 Å². The number of methoxy groups -OCH3 is 1. The predicted octanol–water partition coefficient (Wildman–Crippen LogP) is 3.05. The van der Waals surface area contributed by atoms with Crippen molar-refractivity contribution >= 4 is 22.9 Å². The summed E-state index contributed by atoms with van der Waals surface area (Å²) >= 11 is 1.69. The van der Waals surface area contributed by atoms with Crippen molar-refractivity contribution in [3.8, 4) is 5.75 Å². The summed E-state index contributed by atoms with van der Waals surface area (Å²) in [6.07, 6.45) is 0. The Balaban J connectivity index is 2.11. The summed E-state index contributed by atoms with van der Waals surface area (Å²) in [5.74, 6) is 0.243. The molecule has 0 saturated carbocycles. The first-order valence-corrected chi connectivity index (χ1v) is 7.58. The van der Waals surface area contributed by atoms with Gasteiger partial charge >= 0.3 is 0 Å². The molecule has 4 nitrogen and oxygen atoms in total. The van der Waals surface area contributed by atoms with E-state index in [1.165, 1.54) is 12.0 Å². The number of nitrogen functional groups attached to an aromatic ring is 1. The number of thiophene rings is 1. The van der Waals surface area contributed by atoms with Crippen LogP contribution in [0.2, 0.25) is 0 Å². The van der Waals surface area contributed by atoms with Gasteiger partial charge in [-0.2, -0.15) is 0 Å². The molecule has 0 spiro atoms. The van der Waals surface area contributed by atoms with Crippen LogP contribution in [0.3, 0.4) is 0 Å². The minimum atomic E-state index is -0.177. The Labute approximate surface area is 128 Å². The smallest absolute Gasteiger partial charge is 0.255 e. The number of hydrogen-bond acceptors (Lipinski definition) is 4. The number of carbonyl (C=O) groups excluding carboxylic acids is 1. The van der Waals surface area contributed by atoms with Gasteiger partial charge in [0.15, 0.2) is 5.75 Å². The van der Waals surface area contributed by atoms with Crippen LogP contribution in [0.1, 0.15) is 29.1 Å². The Hall–Kier alpha value is -2.01. The maximum atomic E-state index is 12.3. The molecule has 0 aliphatic rings. The molecule has 2 rings (SSSR count). The summed E-state index contributed by atoms with van der Waals surface area (Å²) in [6, 6.07) is 9.27. The number of para-hydroxylation sites is 1. The molecule has 0 aliphatic carbocycles. The Kier molecular flexibility index (Phi) is 4.53. The van der Waals surface area contributed by atoms with Gasteiger partial charge in [0.25, 0.3) is 5.91 Å². The number of carbonyl (C=O) groups is 1. The molecule has 21 heavy (non-hydrogen) atoms. The fraction of sp³-hybridized carbons (Fsp3) is 0.312.